The summed E-state index contributed by atoms with van der Waals surface area (Å²) in [6.07, 6.45) is -4.02. The SMILES string of the molecule is CC(C)(C)OC(=O)NCc1ccc(C(F)(F)F)nc1. The fourth-order valence-corrected chi connectivity index (χ4v) is 1.19. The fraction of sp³-hybridized carbons (Fsp3) is 0.500. The van der Waals surface area contributed by atoms with Crippen LogP contribution in [-0.2, 0) is 17.5 Å². The number of carbonyl (C=O) groups excluding carboxylic acids is 1. The van der Waals surface area contributed by atoms with Crippen molar-refractivity contribution in [2.24, 2.45) is 0 Å². The number of amides is 1. The van der Waals surface area contributed by atoms with E-state index in [4.69, 9.17) is 4.74 Å². The summed E-state index contributed by atoms with van der Waals surface area (Å²) in [5, 5.41) is 2.43. The van der Waals surface area contributed by atoms with Gasteiger partial charge in [-0.3, -0.25) is 4.98 Å². The molecule has 4 nitrogen and oxygen atoms in total. The number of hydrogen-bond donors (Lipinski definition) is 1. The van der Waals surface area contributed by atoms with E-state index in [1.54, 1.807) is 20.8 Å². The van der Waals surface area contributed by atoms with Crippen molar-refractivity contribution in [1.82, 2.24) is 10.3 Å². The minimum Gasteiger partial charge on any atom is -0.444 e. The second-order valence-electron chi connectivity index (χ2n) is 4.90. The van der Waals surface area contributed by atoms with Crippen molar-refractivity contribution in [1.29, 1.82) is 0 Å². The molecule has 0 aliphatic heterocycles. The molecule has 0 spiro atoms. The van der Waals surface area contributed by atoms with E-state index in [0.717, 1.165) is 12.3 Å². The molecule has 1 amide bonds. The van der Waals surface area contributed by atoms with Gasteiger partial charge in [0.15, 0.2) is 0 Å². The summed E-state index contributed by atoms with van der Waals surface area (Å²) < 4.78 is 41.8. The van der Waals surface area contributed by atoms with E-state index in [0.29, 0.717) is 5.56 Å². The lowest BCUT2D eigenvalue weighted by molar-refractivity contribution is -0.141. The molecule has 0 aliphatic rings. The third-order valence-electron chi connectivity index (χ3n) is 1.95. The number of halogens is 3. The number of hydrogen-bond acceptors (Lipinski definition) is 3. The van der Waals surface area contributed by atoms with Crippen LogP contribution in [0.4, 0.5) is 18.0 Å². The number of rotatable bonds is 2. The maximum atomic E-state index is 12.3. The number of alkyl carbamates (subject to hydrolysis) is 1. The van der Waals surface area contributed by atoms with Gasteiger partial charge in [0, 0.05) is 12.7 Å². The number of nitrogens with one attached hydrogen (secondary N) is 1. The topological polar surface area (TPSA) is 51.2 Å². The monoisotopic (exact) mass is 276 g/mol. The summed E-state index contributed by atoms with van der Waals surface area (Å²) in [5.74, 6) is 0. The van der Waals surface area contributed by atoms with Crippen molar-refractivity contribution in [2.45, 2.75) is 39.1 Å². The van der Waals surface area contributed by atoms with E-state index in [9.17, 15) is 18.0 Å². The predicted molar refractivity (Wildman–Crippen MR) is 62.3 cm³/mol. The first-order chi connectivity index (χ1) is 8.58. The highest BCUT2D eigenvalue weighted by Gasteiger charge is 2.31. The van der Waals surface area contributed by atoms with Gasteiger partial charge in [0.1, 0.15) is 11.3 Å². The maximum absolute atomic E-state index is 12.3. The zero-order chi connectivity index (χ0) is 14.7. The molecule has 0 aliphatic carbocycles. The largest absolute Gasteiger partial charge is 0.444 e. The van der Waals surface area contributed by atoms with Gasteiger partial charge in [-0.1, -0.05) is 6.07 Å². The van der Waals surface area contributed by atoms with Gasteiger partial charge in [0.05, 0.1) is 0 Å². The summed E-state index contributed by atoms with van der Waals surface area (Å²) in [6.45, 7) is 5.20. The number of aromatic nitrogens is 1. The summed E-state index contributed by atoms with van der Waals surface area (Å²) >= 11 is 0. The molecule has 0 bridgehead atoms. The van der Waals surface area contributed by atoms with Crippen LogP contribution in [0, 0.1) is 0 Å². The van der Waals surface area contributed by atoms with E-state index in [1.165, 1.54) is 6.07 Å². The Balaban J connectivity index is 2.53. The molecule has 7 heteroatoms. The highest BCUT2D eigenvalue weighted by Crippen LogP contribution is 2.27. The molecule has 0 atom stereocenters. The first kappa shape index (κ1) is 15.3. The normalized spacial score (nSPS) is 12.1. The van der Waals surface area contributed by atoms with Crippen molar-refractivity contribution in [2.75, 3.05) is 0 Å². The summed E-state index contributed by atoms with van der Waals surface area (Å²) in [7, 11) is 0. The molecule has 0 saturated carbocycles. The lowest BCUT2D eigenvalue weighted by Gasteiger charge is -2.19. The van der Waals surface area contributed by atoms with Crippen molar-refractivity contribution in [3.63, 3.8) is 0 Å². The molecule has 0 unspecified atom stereocenters. The van der Waals surface area contributed by atoms with Crippen LogP contribution in [0.3, 0.4) is 0 Å². The van der Waals surface area contributed by atoms with Crippen LogP contribution in [0.2, 0.25) is 0 Å². The first-order valence-electron chi connectivity index (χ1n) is 5.57. The smallest absolute Gasteiger partial charge is 0.433 e. The van der Waals surface area contributed by atoms with Gasteiger partial charge in [0.2, 0.25) is 0 Å². The Morgan fingerprint density at radius 1 is 1.32 bits per heavy atom. The van der Waals surface area contributed by atoms with Crippen LogP contribution in [-0.4, -0.2) is 16.7 Å². The number of pyridine rings is 1. The molecule has 1 aromatic heterocycles. The van der Waals surface area contributed by atoms with Crippen molar-refractivity contribution < 1.29 is 22.7 Å². The Labute approximate surface area is 109 Å². The standard InChI is InChI=1S/C12H15F3N2O2/c1-11(2,3)19-10(18)17-7-8-4-5-9(16-6-8)12(13,14)15/h4-6H,7H2,1-3H3,(H,17,18). The van der Waals surface area contributed by atoms with Gasteiger partial charge in [-0.2, -0.15) is 13.2 Å². The Morgan fingerprint density at radius 2 is 1.95 bits per heavy atom. The quantitative estimate of drug-likeness (QED) is 0.902. The van der Waals surface area contributed by atoms with E-state index >= 15 is 0 Å². The van der Waals surface area contributed by atoms with E-state index in [-0.39, 0.29) is 6.54 Å². The molecule has 1 heterocycles. The number of carbonyl (C=O) groups is 1. The Bertz CT molecular complexity index is 436. The van der Waals surface area contributed by atoms with Crippen molar-refractivity contribution >= 4 is 6.09 Å². The van der Waals surface area contributed by atoms with Gasteiger partial charge in [-0.15, -0.1) is 0 Å². The summed E-state index contributed by atoms with van der Waals surface area (Å²) in [6, 6.07) is 2.12. The third-order valence-corrected chi connectivity index (χ3v) is 1.95. The minimum atomic E-state index is -4.46. The lowest BCUT2D eigenvalue weighted by atomic mass is 10.2. The van der Waals surface area contributed by atoms with Crippen molar-refractivity contribution in [3.8, 4) is 0 Å². The predicted octanol–water partition coefficient (Wildman–Crippen LogP) is 3.13. The first-order valence-corrected chi connectivity index (χ1v) is 5.57. The van der Waals surface area contributed by atoms with E-state index in [2.05, 4.69) is 10.3 Å². The molecule has 106 valence electrons. The van der Waals surface area contributed by atoms with Crippen LogP contribution in [0.5, 0.6) is 0 Å². The zero-order valence-corrected chi connectivity index (χ0v) is 10.8. The average molecular weight is 276 g/mol. The van der Waals surface area contributed by atoms with Crippen LogP contribution >= 0.6 is 0 Å². The highest BCUT2D eigenvalue weighted by molar-refractivity contribution is 5.67. The molecule has 19 heavy (non-hydrogen) atoms. The molecule has 0 saturated heterocycles. The average Bonchev–Trinajstić information content (AvgIpc) is 2.23. The number of alkyl halides is 3. The van der Waals surface area contributed by atoms with Crippen LogP contribution in [0.25, 0.3) is 0 Å². The third kappa shape index (κ3) is 5.58. The van der Waals surface area contributed by atoms with Gasteiger partial charge in [0.25, 0.3) is 0 Å². The van der Waals surface area contributed by atoms with Crippen LogP contribution in [0.1, 0.15) is 32.0 Å². The zero-order valence-electron chi connectivity index (χ0n) is 10.8. The Hall–Kier alpha value is -1.79. The lowest BCUT2D eigenvalue weighted by Crippen LogP contribution is -2.32. The molecule has 0 fully saturated rings. The number of ether oxygens (including phenoxy) is 1. The van der Waals surface area contributed by atoms with E-state index in [1.807, 2.05) is 0 Å². The van der Waals surface area contributed by atoms with Crippen molar-refractivity contribution in [3.05, 3.63) is 29.6 Å². The van der Waals surface area contributed by atoms with Gasteiger partial charge in [-0.05, 0) is 32.4 Å². The molecule has 1 rings (SSSR count). The molecule has 0 aromatic carbocycles. The van der Waals surface area contributed by atoms with Crippen LogP contribution < -0.4 is 5.32 Å². The molecule has 1 N–H and O–H groups in total. The summed E-state index contributed by atoms with van der Waals surface area (Å²) in [4.78, 5) is 14.6. The van der Waals surface area contributed by atoms with Crippen LogP contribution in [0.15, 0.2) is 18.3 Å². The second-order valence-corrected chi connectivity index (χ2v) is 4.90. The molecular weight excluding hydrogens is 261 g/mol. The van der Waals surface area contributed by atoms with Gasteiger partial charge in [-0.25, -0.2) is 4.79 Å². The van der Waals surface area contributed by atoms with Gasteiger partial charge < -0.3 is 10.1 Å². The number of nitrogens with zero attached hydrogens (tertiary/aromatic N) is 1. The maximum Gasteiger partial charge on any atom is 0.433 e. The Kier molecular flexibility index (Phi) is 4.39. The fourth-order valence-electron chi connectivity index (χ4n) is 1.19. The molecular formula is C12H15F3N2O2. The van der Waals surface area contributed by atoms with E-state index < -0.39 is 23.6 Å². The molecule has 1 aromatic rings. The second kappa shape index (κ2) is 5.46. The van der Waals surface area contributed by atoms with Gasteiger partial charge >= 0.3 is 12.3 Å². The Morgan fingerprint density at radius 3 is 2.37 bits per heavy atom. The highest BCUT2D eigenvalue weighted by atomic mass is 19.4. The summed E-state index contributed by atoms with van der Waals surface area (Å²) in [5.41, 5.74) is -1.13. The molecule has 0 radical (unpaired) electrons. The minimum absolute atomic E-state index is 0.0556.